The molecule has 2 aromatic heterocycles. The van der Waals surface area contributed by atoms with Crippen LogP contribution in [0.2, 0.25) is 4.34 Å². The number of nitrogens with two attached hydrogens (primary N) is 1. The first kappa shape index (κ1) is 25.4. The van der Waals surface area contributed by atoms with Gasteiger partial charge in [-0.3, -0.25) is 4.79 Å². The molecule has 3 aromatic rings. The highest BCUT2D eigenvalue weighted by molar-refractivity contribution is 7.91. The molecule has 1 aromatic carbocycles. The lowest BCUT2D eigenvalue weighted by Gasteiger charge is -2.20. The summed E-state index contributed by atoms with van der Waals surface area (Å²) in [5.41, 5.74) is 0.658. The van der Waals surface area contributed by atoms with Crippen molar-refractivity contribution < 1.29 is 26.4 Å². The average Bonchev–Trinajstić information content (AvgIpc) is 3.50. The SMILES string of the molecule is COCCn1c(=NC(=O)C2CCCN2S(=O)(=O)c2ccc(Cl)s2)sc2cc(S(N)(=O)=O)ccc21. The molecule has 0 saturated carbocycles. The van der Waals surface area contributed by atoms with E-state index in [1.807, 2.05) is 0 Å². The lowest BCUT2D eigenvalue weighted by molar-refractivity contribution is -0.121. The molecular formula is C19H21ClN4O6S4. The maximum Gasteiger partial charge on any atom is 0.266 e. The molecule has 1 aliphatic rings. The van der Waals surface area contributed by atoms with Crippen LogP contribution in [0.1, 0.15) is 12.8 Å². The van der Waals surface area contributed by atoms with Crippen molar-refractivity contribution in [2.45, 2.75) is 34.5 Å². The van der Waals surface area contributed by atoms with E-state index in [2.05, 4.69) is 4.99 Å². The van der Waals surface area contributed by atoms with Crippen molar-refractivity contribution in [1.29, 1.82) is 0 Å². The largest absolute Gasteiger partial charge is 0.383 e. The molecule has 4 rings (SSSR count). The van der Waals surface area contributed by atoms with Crippen LogP contribution in [0.25, 0.3) is 10.2 Å². The summed E-state index contributed by atoms with van der Waals surface area (Å²) in [7, 11) is -6.26. The molecule has 1 aliphatic heterocycles. The zero-order chi connectivity index (χ0) is 24.7. The maximum absolute atomic E-state index is 13.2. The minimum atomic E-state index is -3.91. The van der Waals surface area contributed by atoms with E-state index in [0.717, 1.165) is 22.7 Å². The Balaban J connectivity index is 1.75. The first-order valence-corrected chi connectivity index (χ1v) is 15.0. The minimum absolute atomic E-state index is 0.0549. The van der Waals surface area contributed by atoms with E-state index in [-0.39, 0.29) is 15.6 Å². The van der Waals surface area contributed by atoms with E-state index in [0.29, 0.717) is 45.3 Å². The molecular weight excluding hydrogens is 544 g/mol. The van der Waals surface area contributed by atoms with Crippen molar-refractivity contribution >= 4 is 70.4 Å². The van der Waals surface area contributed by atoms with E-state index in [9.17, 15) is 21.6 Å². The number of fused-ring (bicyclic) bond motifs is 1. The monoisotopic (exact) mass is 564 g/mol. The van der Waals surface area contributed by atoms with Crippen molar-refractivity contribution in [2.75, 3.05) is 20.3 Å². The summed E-state index contributed by atoms with van der Waals surface area (Å²) in [6, 6.07) is 6.39. The third-order valence-electron chi connectivity index (χ3n) is 5.31. The van der Waals surface area contributed by atoms with Crippen molar-refractivity contribution in [3.63, 3.8) is 0 Å². The Bertz CT molecular complexity index is 1520. The van der Waals surface area contributed by atoms with Crippen molar-refractivity contribution in [3.8, 4) is 0 Å². The number of sulfonamides is 2. The fourth-order valence-corrected chi connectivity index (χ4v) is 8.69. The highest BCUT2D eigenvalue weighted by Crippen LogP contribution is 2.32. The number of thiophene rings is 1. The van der Waals surface area contributed by atoms with E-state index in [1.165, 1.54) is 35.7 Å². The number of aromatic nitrogens is 1. The normalized spacial score (nSPS) is 18.2. The van der Waals surface area contributed by atoms with Crippen LogP contribution < -0.4 is 9.94 Å². The zero-order valence-electron chi connectivity index (χ0n) is 17.9. The van der Waals surface area contributed by atoms with Gasteiger partial charge in [-0.25, -0.2) is 22.0 Å². The van der Waals surface area contributed by atoms with E-state index >= 15 is 0 Å². The second-order valence-electron chi connectivity index (χ2n) is 7.49. The number of amides is 1. The Morgan fingerprint density at radius 2 is 2.00 bits per heavy atom. The third kappa shape index (κ3) is 4.99. The summed E-state index contributed by atoms with van der Waals surface area (Å²) in [5.74, 6) is -0.590. The molecule has 1 atom stereocenters. The predicted molar refractivity (Wildman–Crippen MR) is 130 cm³/mol. The molecule has 1 saturated heterocycles. The molecule has 0 bridgehead atoms. The van der Waals surface area contributed by atoms with Gasteiger partial charge >= 0.3 is 0 Å². The van der Waals surface area contributed by atoms with E-state index in [1.54, 1.807) is 10.6 Å². The third-order valence-corrected chi connectivity index (χ3v) is 10.9. The number of hydrogen-bond donors (Lipinski definition) is 1. The molecule has 0 spiro atoms. The van der Waals surface area contributed by atoms with E-state index < -0.39 is 32.0 Å². The number of halogens is 1. The molecule has 15 heteroatoms. The molecule has 184 valence electrons. The molecule has 1 unspecified atom stereocenters. The fraction of sp³-hybridized carbons (Fsp3) is 0.368. The summed E-state index contributed by atoms with van der Waals surface area (Å²) in [6.07, 6.45) is 0.872. The first-order valence-electron chi connectivity index (χ1n) is 10.0. The van der Waals surface area contributed by atoms with Gasteiger partial charge in [0.2, 0.25) is 10.0 Å². The van der Waals surface area contributed by atoms with Gasteiger partial charge in [-0.1, -0.05) is 22.9 Å². The lowest BCUT2D eigenvalue weighted by Crippen LogP contribution is -2.40. The maximum atomic E-state index is 13.2. The van der Waals surface area contributed by atoms with Crippen molar-refractivity contribution in [3.05, 3.63) is 39.5 Å². The fourth-order valence-electron chi connectivity index (χ4n) is 3.71. The number of carbonyl (C=O) groups is 1. The number of methoxy groups -OCH3 is 1. The molecule has 1 fully saturated rings. The van der Waals surface area contributed by atoms with Crippen LogP contribution in [0, 0.1) is 0 Å². The highest BCUT2D eigenvalue weighted by atomic mass is 35.5. The van der Waals surface area contributed by atoms with Gasteiger partial charge in [0.05, 0.1) is 26.1 Å². The van der Waals surface area contributed by atoms with Crippen LogP contribution in [0.5, 0.6) is 0 Å². The van der Waals surface area contributed by atoms with Crippen LogP contribution in [-0.4, -0.2) is 57.9 Å². The van der Waals surface area contributed by atoms with Gasteiger partial charge in [-0.05, 0) is 43.2 Å². The summed E-state index contributed by atoms with van der Waals surface area (Å²) in [6.45, 7) is 0.891. The first-order chi connectivity index (χ1) is 16.0. The van der Waals surface area contributed by atoms with Gasteiger partial charge in [0, 0.05) is 20.2 Å². The number of rotatable bonds is 7. The molecule has 34 heavy (non-hydrogen) atoms. The second-order valence-corrected chi connectivity index (χ2v) is 13.9. The van der Waals surface area contributed by atoms with Crippen LogP contribution in [0.4, 0.5) is 0 Å². The number of nitrogens with zero attached hydrogens (tertiary/aromatic N) is 3. The minimum Gasteiger partial charge on any atom is -0.383 e. The molecule has 0 radical (unpaired) electrons. The molecule has 1 amide bonds. The molecule has 3 heterocycles. The van der Waals surface area contributed by atoms with Crippen molar-refractivity contribution in [1.82, 2.24) is 8.87 Å². The number of carbonyl (C=O) groups excluding carboxylic acids is 1. The molecule has 2 N–H and O–H groups in total. The van der Waals surface area contributed by atoms with Crippen LogP contribution >= 0.6 is 34.3 Å². The summed E-state index contributed by atoms with van der Waals surface area (Å²) in [4.78, 5) is 17.7. The van der Waals surface area contributed by atoms with Crippen molar-refractivity contribution in [2.24, 2.45) is 10.1 Å². The Morgan fingerprint density at radius 3 is 2.65 bits per heavy atom. The summed E-state index contributed by atoms with van der Waals surface area (Å²) < 4.78 is 58.7. The molecule has 0 aliphatic carbocycles. The number of thiazole rings is 1. The van der Waals surface area contributed by atoms with Crippen LogP contribution in [0.15, 0.2) is 44.4 Å². The van der Waals surface area contributed by atoms with Gasteiger partial charge in [0.25, 0.3) is 15.9 Å². The highest BCUT2D eigenvalue weighted by Gasteiger charge is 2.40. The van der Waals surface area contributed by atoms with Gasteiger partial charge in [-0.15, -0.1) is 11.3 Å². The standard InChI is InChI=1S/C19H21ClN4O6S4/c1-30-10-9-23-13-5-4-12(33(21,26)27)11-15(13)31-19(23)22-18(25)14-3-2-8-24(14)34(28,29)17-7-6-16(20)32-17/h4-7,11,14H,2-3,8-10H2,1H3,(H2,21,26,27). The lowest BCUT2D eigenvalue weighted by atomic mass is 10.2. The quantitative estimate of drug-likeness (QED) is 0.465. The Morgan fingerprint density at radius 1 is 1.24 bits per heavy atom. The number of benzene rings is 1. The van der Waals surface area contributed by atoms with Gasteiger partial charge in [-0.2, -0.15) is 9.30 Å². The Hall–Kier alpha value is -1.65. The van der Waals surface area contributed by atoms with Crippen LogP contribution in [0.3, 0.4) is 0 Å². The number of primary sulfonamides is 1. The predicted octanol–water partition coefficient (Wildman–Crippen LogP) is 1.99. The molecule has 10 nitrogen and oxygen atoms in total. The number of ether oxygens (including phenoxy) is 1. The Labute approximate surface area is 209 Å². The van der Waals surface area contributed by atoms with Crippen LogP contribution in [-0.2, 0) is 36.1 Å². The second kappa shape index (κ2) is 9.78. The summed E-state index contributed by atoms with van der Waals surface area (Å²) >= 11 is 7.96. The zero-order valence-corrected chi connectivity index (χ0v) is 21.9. The van der Waals surface area contributed by atoms with Gasteiger partial charge in [0.15, 0.2) is 4.80 Å². The van der Waals surface area contributed by atoms with E-state index in [4.69, 9.17) is 21.5 Å². The average molecular weight is 565 g/mol. The topological polar surface area (TPSA) is 141 Å². The smallest absolute Gasteiger partial charge is 0.266 e. The number of hydrogen-bond acceptors (Lipinski definition) is 8. The Kier molecular flexibility index (Phi) is 7.32. The van der Waals surface area contributed by atoms with Gasteiger partial charge < -0.3 is 9.30 Å². The van der Waals surface area contributed by atoms with Gasteiger partial charge in [0.1, 0.15) is 10.3 Å². The summed E-state index contributed by atoms with van der Waals surface area (Å²) in [5, 5.41) is 5.24.